The van der Waals surface area contributed by atoms with Crippen LogP contribution < -0.4 is 4.74 Å². The maximum absolute atomic E-state index is 13.7. The first-order valence-corrected chi connectivity index (χ1v) is 6.74. The van der Waals surface area contributed by atoms with Crippen molar-refractivity contribution in [2.24, 2.45) is 0 Å². The Morgan fingerprint density at radius 1 is 1.43 bits per heavy atom. The molecule has 0 aromatic heterocycles. The molecular weight excluding hydrogens is 300 g/mol. The molecule has 0 spiro atoms. The summed E-state index contributed by atoms with van der Waals surface area (Å²) in [6, 6.07) is 6.19. The molecule has 0 aliphatic heterocycles. The Hall–Kier alpha value is -2.07. The van der Waals surface area contributed by atoms with Crippen molar-refractivity contribution in [1.82, 2.24) is 0 Å². The number of alkyl halides is 2. The fourth-order valence-electron chi connectivity index (χ4n) is 1.43. The van der Waals surface area contributed by atoms with Gasteiger partial charge >= 0.3 is 11.9 Å². The first-order valence-electron chi connectivity index (χ1n) is 5.92. The number of halogens is 2. The Kier molecular flexibility index (Phi) is 6.18. The molecule has 0 N–H and O–H groups in total. The molecule has 112 valence electrons. The SMILES string of the molecule is CCOC(=O)C(F)(F)/C=C(/SC#N)c1ccc(OC)cc1. The molecule has 0 saturated heterocycles. The number of ether oxygens (including phenoxy) is 2. The molecule has 21 heavy (non-hydrogen) atoms. The number of hydrogen-bond acceptors (Lipinski definition) is 5. The zero-order valence-electron chi connectivity index (χ0n) is 11.4. The summed E-state index contributed by atoms with van der Waals surface area (Å²) in [5, 5.41) is 10.4. The Labute approximate surface area is 125 Å². The van der Waals surface area contributed by atoms with Crippen LogP contribution in [0, 0.1) is 10.7 Å². The van der Waals surface area contributed by atoms with Gasteiger partial charge in [0, 0.05) is 11.0 Å². The summed E-state index contributed by atoms with van der Waals surface area (Å²) in [6.45, 7) is 1.29. The van der Waals surface area contributed by atoms with Crippen molar-refractivity contribution in [3.63, 3.8) is 0 Å². The lowest BCUT2D eigenvalue weighted by Crippen LogP contribution is -2.28. The highest BCUT2D eigenvalue weighted by atomic mass is 32.2. The third kappa shape index (κ3) is 4.76. The molecule has 1 aromatic carbocycles. The molecule has 1 aromatic rings. The lowest BCUT2D eigenvalue weighted by atomic mass is 10.1. The van der Waals surface area contributed by atoms with Gasteiger partial charge in [-0.1, -0.05) is 12.1 Å². The molecule has 0 aliphatic carbocycles. The number of methoxy groups -OCH3 is 1. The van der Waals surface area contributed by atoms with Gasteiger partial charge in [0.1, 0.15) is 11.2 Å². The van der Waals surface area contributed by atoms with E-state index in [1.165, 1.54) is 26.2 Å². The van der Waals surface area contributed by atoms with E-state index in [-0.39, 0.29) is 11.5 Å². The molecular formula is C14H13F2NO3S. The molecule has 0 radical (unpaired) electrons. The molecule has 7 heteroatoms. The molecule has 0 bridgehead atoms. The third-order valence-corrected chi connectivity index (χ3v) is 3.05. The van der Waals surface area contributed by atoms with Gasteiger partial charge in [0.15, 0.2) is 0 Å². The van der Waals surface area contributed by atoms with Gasteiger partial charge in [0.2, 0.25) is 0 Å². The Morgan fingerprint density at radius 3 is 2.52 bits per heavy atom. The van der Waals surface area contributed by atoms with Gasteiger partial charge < -0.3 is 9.47 Å². The van der Waals surface area contributed by atoms with Crippen LogP contribution in [-0.2, 0) is 9.53 Å². The van der Waals surface area contributed by atoms with Crippen molar-refractivity contribution >= 4 is 22.6 Å². The standard InChI is InChI=1S/C14H13F2NO3S/c1-3-20-13(18)14(15,16)8-12(21-9-17)10-4-6-11(19-2)7-5-10/h4-8H,3H2,1-2H3/b12-8+. The fourth-order valence-corrected chi connectivity index (χ4v) is 1.99. The van der Waals surface area contributed by atoms with Crippen molar-refractivity contribution in [2.75, 3.05) is 13.7 Å². The average Bonchev–Trinajstić information content (AvgIpc) is 2.47. The van der Waals surface area contributed by atoms with Crippen LogP contribution in [0.15, 0.2) is 30.3 Å². The number of nitriles is 1. The van der Waals surface area contributed by atoms with Crippen LogP contribution in [0.3, 0.4) is 0 Å². The van der Waals surface area contributed by atoms with Crippen LogP contribution >= 0.6 is 11.8 Å². The van der Waals surface area contributed by atoms with E-state index in [1.54, 1.807) is 17.5 Å². The highest BCUT2D eigenvalue weighted by Gasteiger charge is 2.38. The van der Waals surface area contributed by atoms with Crippen LogP contribution in [0.25, 0.3) is 4.91 Å². The number of rotatable bonds is 6. The van der Waals surface area contributed by atoms with Gasteiger partial charge in [0.05, 0.1) is 13.7 Å². The average molecular weight is 313 g/mol. The first kappa shape index (κ1) is 17.0. The van der Waals surface area contributed by atoms with Gasteiger partial charge in [-0.15, -0.1) is 0 Å². The van der Waals surface area contributed by atoms with Crippen LogP contribution in [0.2, 0.25) is 0 Å². The summed E-state index contributed by atoms with van der Waals surface area (Å²) in [4.78, 5) is 11.2. The fraction of sp³-hybridized carbons (Fsp3) is 0.286. The minimum atomic E-state index is -3.80. The number of carbonyl (C=O) groups excluding carboxylic acids is 1. The number of thioether (sulfide) groups is 1. The molecule has 0 heterocycles. The molecule has 0 aliphatic rings. The number of hydrogen-bond donors (Lipinski definition) is 0. The highest BCUT2D eigenvalue weighted by Crippen LogP contribution is 2.32. The van der Waals surface area contributed by atoms with Crippen molar-refractivity contribution in [1.29, 1.82) is 5.26 Å². The lowest BCUT2D eigenvalue weighted by molar-refractivity contribution is -0.164. The number of nitrogens with zero attached hydrogens (tertiary/aromatic N) is 1. The lowest BCUT2D eigenvalue weighted by Gasteiger charge is -2.12. The number of thiocyanates is 1. The van der Waals surface area contributed by atoms with E-state index in [1.807, 2.05) is 0 Å². The van der Waals surface area contributed by atoms with Crippen molar-refractivity contribution in [3.05, 3.63) is 35.9 Å². The number of esters is 1. The molecule has 4 nitrogen and oxygen atoms in total. The van der Waals surface area contributed by atoms with Crippen molar-refractivity contribution in [3.8, 4) is 11.2 Å². The van der Waals surface area contributed by atoms with Crippen molar-refractivity contribution in [2.45, 2.75) is 12.8 Å². The molecule has 0 atom stereocenters. The Morgan fingerprint density at radius 2 is 2.05 bits per heavy atom. The first-order chi connectivity index (χ1) is 9.94. The third-order valence-electron chi connectivity index (χ3n) is 2.39. The monoisotopic (exact) mass is 313 g/mol. The Balaban J connectivity index is 3.12. The molecule has 0 unspecified atom stereocenters. The minimum absolute atomic E-state index is 0.0294. The maximum Gasteiger partial charge on any atom is 0.381 e. The quantitative estimate of drug-likeness (QED) is 0.594. The normalized spacial score (nSPS) is 11.7. The van der Waals surface area contributed by atoms with Crippen molar-refractivity contribution < 1.29 is 23.0 Å². The topological polar surface area (TPSA) is 59.3 Å². The minimum Gasteiger partial charge on any atom is -0.497 e. The maximum atomic E-state index is 13.7. The van der Waals surface area contributed by atoms with E-state index < -0.39 is 11.9 Å². The second-order valence-corrected chi connectivity index (χ2v) is 4.60. The predicted octanol–water partition coefficient (Wildman–Crippen LogP) is 3.45. The van der Waals surface area contributed by atoms with E-state index in [0.717, 1.165) is 0 Å². The van der Waals surface area contributed by atoms with Gasteiger partial charge in [-0.2, -0.15) is 14.0 Å². The van der Waals surface area contributed by atoms with Crippen LogP contribution in [0.5, 0.6) is 5.75 Å². The Bertz CT molecular complexity index is 565. The second-order valence-electron chi connectivity index (χ2n) is 3.77. The van der Waals surface area contributed by atoms with E-state index in [0.29, 0.717) is 29.2 Å². The number of benzene rings is 1. The summed E-state index contributed by atoms with van der Waals surface area (Å²) in [5.41, 5.74) is 0.381. The molecule has 1 rings (SSSR count). The smallest absolute Gasteiger partial charge is 0.381 e. The summed E-state index contributed by atoms with van der Waals surface area (Å²) >= 11 is 0.543. The zero-order valence-corrected chi connectivity index (χ0v) is 12.2. The second kappa shape index (κ2) is 7.64. The largest absolute Gasteiger partial charge is 0.497 e. The summed E-state index contributed by atoms with van der Waals surface area (Å²) in [5.74, 6) is -4.89. The van der Waals surface area contributed by atoms with Gasteiger partial charge in [-0.25, -0.2) is 4.79 Å². The predicted molar refractivity (Wildman–Crippen MR) is 75.8 cm³/mol. The molecule has 0 fully saturated rings. The van der Waals surface area contributed by atoms with Crippen LogP contribution in [-0.4, -0.2) is 25.6 Å². The highest BCUT2D eigenvalue weighted by molar-refractivity contribution is 8.12. The van der Waals surface area contributed by atoms with Crippen LogP contribution in [0.1, 0.15) is 12.5 Å². The summed E-state index contributed by atoms with van der Waals surface area (Å²) in [7, 11) is 1.48. The van der Waals surface area contributed by atoms with Crippen LogP contribution in [0.4, 0.5) is 8.78 Å². The van der Waals surface area contributed by atoms with E-state index >= 15 is 0 Å². The van der Waals surface area contributed by atoms with Gasteiger partial charge in [0.25, 0.3) is 0 Å². The summed E-state index contributed by atoms with van der Waals surface area (Å²) in [6.07, 6.45) is 0.431. The number of carbonyl (C=O) groups is 1. The van der Waals surface area contributed by atoms with E-state index in [4.69, 9.17) is 10.00 Å². The summed E-state index contributed by atoms with van der Waals surface area (Å²) < 4.78 is 36.7. The van der Waals surface area contributed by atoms with E-state index in [2.05, 4.69) is 4.74 Å². The molecule has 0 saturated carbocycles. The zero-order chi connectivity index (χ0) is 15.9. The van der Waals surface area contributed by atoms with E-state index in [9.17, 15) is 13.6 Å². The van der Waals surface area contributed by atoms with Gasteiger partial charge in [-0.3, -0.25) is 0 Å². The molecule has 0 amide bonds. The van der Waals surface area contributed by atoms with Gasteiger partial charge in [-0.05, 0) is 36.4 Å².